The van der Waals surface area contributed by atoms with Gasteiger partial charge in [0.1, 0.15) is 12.0 Å². The van der Waals surface area contributed by atoms with E-state index in [0.29, 0.717) is 18.4 Å². The van der Waals surface area contributed by atoms with Crippen LogP contribution in [0.15, 0.2) is 33.2 Å². The zero-order valence-corrected chi connectivity index (χ0v) is 14.4. The van der Waals surface area contributed by atoms with Crippen LogP contribution in [0.4, 0.5) is 0 Å². The van der Waals surface area contributed by atoms with Gasteiger partial charge in [-0.15, -0.1) is 11.3 Å². The zero-order valence-electron chi connectivity index (χ0n) is 13.6. The van der Waals surface area contributed by atoms with Gasteiger partial charge in [-0.05, 0) is 24.4 Å². The molecule has 3 rings (SSSR count). The maximum Gasteiger partial charge on any atom is 0.236 e. The second-order valence-corrected chi connectivity index (χ2v) is 6.50. The van der Waals surface area contributed by atoms with Crippen molar-refractivity contribution < 1.29 is 9.15 Å². The van der Waals surface area contributed by atoms with E-state index in [1.54, 1.807) is 17.6 Å². The number of aromatic nitrogens is 1. The first-order valence-corrected chi connectivity index (χ1v) is 9.01. The molecule has 2 aromatic heterocycles. The number of aliphatic imine (C=N–C) groups is 1. The van der Waals surface area contributed by atoms with E-state index in [-0.39, 0.29) is 0 Å². The fourth-order valence-corrected chi connectivity index (χ4v) is 3.11. The highest BCUT2D eigenvalue weighted by Crippen LogP contribution is 2.23. The van der Waals surface area contributed by atoms with Crippen molar-refractivity contribution in [1.29, 1.82) is 0 Å². The molecule has 0 spiro atoms. The summed E-state index contributed by atoms with van der Waals surface area (Å²) in [5.74, 6) is 1.07. The molecule has 0 bridgehead atoms. The maximum atomic E-state index is 5.89. The van der Waals surface area contributed by atoms with E-state index < -0.39 is 0 Å². The normalized spacial score (nSPS) is 16.4. The first-order chi connectivity index (χ1) is 11.8. The largest absolute Gasteiger partial charge is 0.443 e. The summed E-state index contributed by atoms with van der Waals surface area (Å²) < 4.78 is 10.8. The summed E-state index contributed by atoms with van der Waals surface area (Å²) in [4.78, 5) is 12.1. The van der Waals surface area contributed by atoms with Gasteiger partial charge in [0.15, 0.2) is 5.96 Å². The number of hydrogen-bond acceptors (Lipinski definition) is 6. The second-order valence-electron chi connectivity index (χ2n) is 5.56. The van der Waals surface area contributed by atoms with Gasteiger partial charge in [-0.2, -0.15) is 0 Å². The van der Waals surface area contributed by atoms with Crippen molar-refractivity contribution >= 4 is 17.3 Å². The smallest absolute Gasteiger partial charge is 0.236 e. The van der Waals surface area contributed by atoms with Crippen LogP contribution in [-0.2, 0) is 11.3 Å². The van der Waals surface area contributed by atoms with Gasteiger partial charge in [-0.25, -0.2) is 9.98 Å². The number of nitrogens with zero attached hydrogens (tertiary/aromatic N) is 3. The Morgan fingerprint density at radius 2 is 2.29 bits per heavy atom. The molecule has 0 radical (unpaired) electrons. The van der Waals surface area contributed by atoms with Gasteiger partial charge in [0.25, 0.3) is 0 Å². The lowest BCUT2D eigenvalue weighted by Crippen LogP contribution is -2.39. The Morgan fingerprint density at radius 1 is 1.42 bits per heavy atom. The van der Waals surface area contributed by atoms with Crippen LogP contribution in [0.2, 0.25) is 0 Å². The summed E-state index contributed by atoms with van der Waals surface area (Å²) in [6.45, 7) is 5.98. The van der Waals surface area contributed by atoms with E-state index in [1.165, 1.54) is 0 Å². The minimum atomic E-state index is 0.414. The number of thiophene rings is 1. The van der Waals surface area contributed by atoms with Crippen LogP contribution in [0.3, 0.4) is 0 Å². The molecule has 0 saturated carbocycles. The lowest BCUT2D eigenvalue weighted by Gasteiger charge is -2.26. The van der Waals surface area contributed by atoms with Gasteiger partial charge in [0, 0.05) is 19.6 Å². The molecule has 2 aromatic rings. The highest BCUT2D eigenvalue weighted by molar-refractivity contribution is 7.13. The third-order valence-electron chi connectivity index (χ3n) is 3.76. The van der Waals surface area contributed by atoms with Gasteiger partial charge in [0.05, 0.1) is 24.6 Å². The second kappa shape index (κ2) is 8.81. The Morgan fingerprint density at radius 3 is 3.08 bits per heavy atom. The van der Waals surface area contributed by atoms with Gasteiger partial charge in [-0.3, -0.25) is 4.90 Å². The van der Waals surface area contributed by atoms with Crippen LogP contribution in [0, 0.1) is 0 Å². The fraction of sp³-hybridized carbons (Fsp3) is 0.500. The van der Waals surface area contributed by atoms with E-state index in [2.05, 4.69) is 20.2 Å². The molecule has 3 N–H and O–H groups in total. The number of oxazole rings is 1. The third-order valence-corrected chi connectivity index (χ3v) is 4.61. The average Bonchev–Trinajstić information content (AvgIpc) is 3.29. The molecule has 8 heteroatoms. The van der Waals surface area contributed by atoms with Crippen molar-refractivity contribution in [2.24, 2.45) is 10.7 Å². The summed E-state index contributed by atoms with van der Waals surface area (Å²) in [7, 11) is 0. The topological polar surface area (TPSA) is 88.9 Å². The summed E-state index contributed by atoms with van der Waals surface area (Å²) >= 11 is 1.60. The van der Waals surface area contributed by atoms with Crippen molar-refractivity contribution in [3.8, 4) is 10.8 Å². The number of nitrogens with one attached hydrogen (secondary N) is 1. The Bertz CT molecular complexity index is 635. The molecule has 0 amide bonds. The molecule has 1 aliphatic heterocycles. The van der Waals surface area contributed by atoms with Crippen molar-refractivity contribution in [3.05, 3.63) is 29.5 Å². The summed E-state index contributed by atoms with van der Waals surface area (Å²) in [6, 6.07) is 3.95. The molecule has 130 valence electrons. The van der Waals surface area contributed by atoms with Crippen molar-refractivity contribution in [1.82, 2.24) is 15.2 Å². The number of guanidine groups is 1. The number of morpholine rings is 1. The number of nitrogens with two attached hydrogens (primary N) is 1. The summed E-state index contributed by atoms with van der Waals surface area (Å²) in [6.07, 6.45) is 2.66. The molecular formula is C16H23N5O2S. The van der Waals surface area contributed by atoms with E-state index in [9.17, 15) is 0 Å². The molecule has 3 heterocycles. The number of hydrogen-bond donors (Lipinski definition) is 2. The van der Waals surface area contributed by atoms with Crippen LogP contribution < -0.4 is 11.1 Å². The van der Waals surface area contributed by atoms with Crippen LogP contribution in [0.5, 0.6) is 0 Å². The Labute approximate surface area is 145 Å². The Kier molecular flexibility index (Phi) is 6.22. The molecule has 7 nitrogen and oxygen atoms in total. The van der Waals surface area contributed by atoms with Crippen LogP contribution in [0.25, 0.3) is 10.8 Å². The quantitative estimate of drug-likeness (QED) is 0.448. The first kappa shape index (κ1) is 16.9. The SMILES string of the molecule is NC(=NCc1coc(-c2cccs2)n1)NCCCN1CCOCC1. The first-order valence-electron chi connectivity index (χ1n) is 8.13. The number of ether oxygens (including phenoxy) is 1. The molecular weight excluding hydrogens is 326 g/mol. The molecule has 24 heavy (non-hydrogen) atoms. The summed E-state index contributed by atoms with van der Waals surface area (Å²) in [5.41, 5.74) is 6.67. The zero-order chi connectivity index (χ0) is 16.6. The van der Waals surface area contributed by atoms with Crippen molar-refractivity contribution in [2.75, 3.05) is 39.4 Å². The van der Waals surface area contributed by atoms with Gasteiger partial charge in [0.2, 0.25) is 5.89 Å². The van der Waals surface area contributed by atoms with Crippen LogP contribution >= 0.6 is 11.3 Å². The van der Waals surface area contributed by atoms with E-state index in [0.717, 1.165) is 56.4 Å². The molecule has 1 aliphatic rings. The summed E-state index contributed by atoms with van der Waals surface area (Å²) in [5, 5.41) is 5.14. The Balaban J connectivity index is 1.36. The lowest BCUT2D eigenvalue weighted by molar-refractivity contribution is 0.0376. The predicted octanol–water partition coefficient (Wildman–Crippen LogP) is 1.53. The van der Waals surface area contributed by atoms with Gasteiger partial charge >= 0.3 is 0 Å². The third kappa shape index (κ3) is 5.05. The molecule has 0 aliphatic carbocycles. The maximum absolute atomic E-state index is 5.89. The Hall–Kier alpha value is -1.90. The van der Waals surface area contributed by atoms with E-state index in [1.807, 2.05) is 17.5 Å². The van der Waals surface area contributed by atoms with Gasteiger partial charge in [-0.1, -0.05) is 6.07 Å². The van der Waals surface area contributed by atoms with Crippen molar-refractivity contribution in [3.63, 3.8) is 0 Å². The highest BCUT2D eigenvalue weighted by atomic mass is 32.1. The standard InChI is InChI=1S/C16H23N5O2S/c17-16(18-4-2-5-21-6-8-22-9-7-21)19-11-13-12-23-15(20-13)14-3-1-10-24-14/h1,3,10,12H,2,4-9,11H2,(H3,17,18,19). The fourth-order valence-electron chi connectivity index (χ4n) is 2.46. The van der Waals surface area contributed by atoms with Crippen LogP contribution in [-0.4, -0.2) is 55.2 Å². The van der Waals surface area contributed by atoms with E-state index >= 15 is 0 Å². The molecule has 0 aromatic carbocycles. The highest BCUT2D eigenvalue weighted by Gasteiger charge is 2.09. The average molecular weight is 349 g/mol. The molecule has 0 atom stereocenters. The monoisotopic (exact) mass is 349 g/mol. The number of rotatable bonds is 7. The molecule has 1 saturated heterocycles. The minimum absolute atomic E-state index is 0.414. The van der Waals surface area contributed by atoms with Crippen LogP contribution in [0.1, 0.15) is 12.1 Å². The molecule has 0 unspecified atom stereocenters. The van der Waals surface area contributed by atoms with Gasteiger partial charge < -0.3 is 20.2 Å². The lowest BCUT2D eigenvalue weighted by atomic mass is 10.3. The molecule has 1 fully saturated rings. The van der Waals surface area contributed by atoms with Crippen molar-refractivity contribution in [2.45, 2.75) is 13.0 Å². The predicted molar refractivity (Wildman–Crippen MR) is 95.0 cm³/mol. The van der Waals surface area contributed by atoms with E-state index in [4.69, 9.17) is 14.9 Å². The minimum Gasteiger partial charge on any atom is -0.443 e.